The highest BCUT2D eigenvalue weighted by Crippen LogP contribution is 2.54. The number of anilines is 6. The van der Waals surface area contributed by atoms with E-state index in [4.69, 9.17) is 4.98 Å². The SMILES string of the molecule is c1ccc(N2c3ccccc3N(c3cccc(-c4nccc5ccccc45)c3)c3ccccc32)cc1. The Balaban J connectivity index is 1.43. The zero-order valence-corrected chi connectivity index (χ0v) is 19.6. The molecule has 0 radical (unpaired) electrons. The van der Waals surface area contributed by atoms with E-state index in [1.165, 1.54) is 5.39 Å². The standard InChI is InChI=1S/C33H23N3/c1-2-13-26(14-3-1)35-29-17-6-8-19-31(29)36(32-20-9-7-18-30(32)35)27-15-10-12-25(23-27)33-28-16-5-4-11-24(28)21-22-34-33/h1-23H. The Morgan fingerprint density at radius 2 is 1.00 bits per heavy atom. The van der Waals surface area contributed by atoms with Gasteiger partial charge in [-0.1, -0.05) is 78.9 Å². The van der Waals surface area contributed by atoms with Gasteiger partial charge in [0.1, 0.15) is 0 Å². The fourth-order valence-corrected chi connectivity index (χ4v) is 5.22. The van der Waals surface area contributed by atoms with E-state index in [2.05, 4.69) is 143 Å². The minimum Gasteiger partial charge on any atom is -0.306 e. The fourth-order valence-electron chi connectivity index (χ4n) is 5.22. The topological polar surface area (TPSA) is 19.4 Å². The smallest absolute Gasteiger partial charge is 0.0781 e. The van der Waals surface area contributed by atoms with E-state index in [0.717, 1.165) is 50.8 Å². The molecular weight excluding hydrogens is 438 g/mol. The van der Waals surface area contributed by atoms with Crippen molar-refractivity contribution in [1.82, 2.24) is 4.98 Å². The molecule has 1 aliphatic heterocycles. The second-order valence-corrected chi connectivity index (χ2v) is 8.91. The molecule has 2 heterocycles. The van der Waals surface area contributed by atoms with Crippen molar-refractivity contribution >= 4 is 44.9 Å². The zero-order valence-electron chi connectivity index (χ0n) is 19.6. The molecule has 170 valence electrons. The lowest BCUT2D eigenvalue weighted by Crippen LogP contribution is -2.23. The fraction of sp³-hybridized carbons (Fsp3) is 0. The molecule has 5 aromatic carbocycles. The Hall–Kier alpha value is -4.89. The summed E-state index contributed by atoms with van der Waals surface area (Å²) in [5, 5.41) is 2.35. The van der Waals surface area contributed by atoms with E-state index in [-0.39, 0.29) is 0 Å². The molecule has 0 saturated heterocycles. The van der Waals surface area contributed by atoms with Crippen LogP contribution in [-0.4, -0.2) is 4.98 Å². The molecule has 0 spiro atoms. The summed E-state index contributed by atoms with van der Waals surface area (Å²) in [6.45, 7) is 0. The summed E-state index contributed by atoms with van der Waals surface area (Å²) in [4.78, 5) is 9.48. The largest absolute Gasteiger partial charge is 0.306 e. The third kappa shape index (κ3) is 3.25. The van der Waals surface area contributed by atoms with Crippen LogP contribution in [0.4, 0.5) is 34.1 Å². The van der Waals surface area contributed by atoms with Gasteiger partial charge < -0.3 is 9.80 Å². The van der Waals surface area contributed by atoms with Crippen LogP contribution in [0.5, 0.6) is 0 Å². The minimum atomic E-state index is 0.999. The van der Waals surface area contributed by atoms with Crippen molar-refractivity contribution in [2.24, 2.45) is 0 Å². The molecule has 0 N–H and O–H groups in total. The maximum atomic E-state index is 4.78. The van der Waals surface area contributed by atoms with Gasteiger partial charge >= 0.3 is 0 Å². The lowest BCUT2D eigenvalue weighted by Gasteiger charge is -2.40. The molecule has 0 atom stereocenters. The van der Waals surface area contributed by atoms with Crippen LogP contribution < -0.4 is 9.80 Å². The van der Waals surface area contributed by atoms with E-state index in [0.29, 0.717) is 0 Å². The molecule has 0 saturated carbocycles. The number of hydrogen-bond acceptors (Lipinski definition) is 3. The van der Waals surface area contributed by atoms with E-state index in [9.17, 15) is 0 Å². The Morgan fingerprint density at radius 3 is 1.69 bits per heavy atom. The number of pyridine rings is 1. The number of benzene rings is 5. The van der Waals surface area contributed by atoms with Gasteiger partial charge in [0.05, 0.1) is 28.4 Å². The molecule has 6 aromatic rings. The first kappa shape index (κ1) is 20.5. The third-order valence-electron chi connectivity index (χ3n) is 6.79. The Morgan fingerprint density at radius 1 is 0.444 bits per heavy atom. The Kier molecular flexibility index (Phi) is 4.78. The number of rotatable bonds is 3. The third-order valence-corrected chi connectivity index (χ3v) is 6.79. The molecule has 7 rings (SSSR count). The number of nitrogens with zero attached hydrogens (tertiary/aromatic N) is 3. The summed E-state index contributed by atoms with van der Waals surface area (Å²) in [6.07, 6.45) is 1.90. The van der Waals surface area contributed by atoms with Crippen molar-refractivity contribution < 1.29 is 0 Å². The summed E-state index contributed by atoms with van der Waals surface area (Å²) in [6, 6.07) is 47.0. The highest BCUT2D eigenvalue weighted by Gasteiger charge is 2.30. The highest BCUT2D eigenvalue weighted by atomic mass is 15.3. The zero-order chi connectivity index (χ0) is 23.9. The quantitative estimate of drug-likeness (QED) is 0.261. The van der Waals surface area contributed by atoms with Crippen LogP contribution in [0.15, 0.2) is 140 Å². The average Bonchev–Trinajstić information content (AvgIpc) is 2.96. The van der Waals surface area contributed by atoms with Crippen LogP contribution in [0.1, 0.15) is 0 Å². The first-order valence-electron chi connectivity index (χ1n) is 12.2. The number of para-hydroxylation sites is 5. The Labute approximate surface area is 210 Å². The van der Waals surface area contributed by atoms with Gasteiger partial charge in [-0.3, -0.25) is 4.98 Å². The summed E-state index contributed by atoms with van der Waals surface area (Å²) < 4.78 is 0. The van der Waals surface area contributed by atoms with Crippen LogP contribution in [0.3, 0.4) is 0 Å². The van der Waals surface area contributed by atoms with Crippen molar-refractivity contribution in [3.8, 4) is 11.3 Å². The maximum Gasteiger partial charge on any atom is 0.0781 e. The molecule has 0 bridgehead atoms. The second kappa shape index (κ2) is 8.40. The van der Waals surface area contributed by atoms with Crippen LogP contribution in [0, 0.1) is 0 Å². The van der Waals surface area contributed by atoms with E-state index in [1.807, 2.05) is 6.20 Å². The van der Waals surface area contributed by atoms with Crippen LogP contribution in [0.25, 0.3) is 22.0 Å². The van der Waals surface area contributed by atoms with Crippen molar-refractivity contribution in [2.45, 2.75) is 0 Å². The summed E-state index contributed by atoms with van der Waals surface area (Å²) in [7, 11) is 0. The molecule has 3 heteroatoms. The van der Waals surface area contributed by atoms with Gasteiger partial charge in [-0.25, -0.2) is 0 Å². The van der Waals surface area contributed by atoms with Gasteiger partial charge in [0, 0.05) is 28.5 Å². The average molecular weight is 462 g/mol. The molecular formula is C33H23N3. The summed E-state index contributed by atoms with van der Waals surface area (Å²) in [5.41, 5.74) is 8.93. The molecule has 3 nitrogen and oxygen atoms in total. The molecule has 1 aromatic heterocycles. The van der Waals surface area contributed by atoms with Gasteiger partial charge in [0.25, 0.3) is 0 Å². The first-order valence-corrected chi connectivity index (χ1v) is 12.2. The van der Waals surface area contributed by atoms with Gasteiger partial charge in [0.2, 0.25) is 0 Å². The van der Waals surface area contributed by atoms with E-state index >= 15 is 0 Å². The van der Waals surface area contributed by atoms with E-state index in [1.54, 1.807) is 0 Å². The maximum absolute atomic E-state index is 4.78. The lowest BCUT2D eigenvalue weighted by atomic mass is 10.0. The van der Waals surface area contributed by atoms with Crippen molar-refractivity contribution in [1.29, 1.82) is 0 Å². The van der Waals surface area contributed by atoms with Gasteiger partial charge in [-0.05, 0) is 60.0 Å². The van der Waals surface area contributed by atoms with Crippen molar-refractivity contribution in [3.63, 3.8) is 0 Å². The van der Waals surface area contributed by atoms with E-state index < -0.39 is 0 Å². The predicted octanol–water partition coefficient (Wildman–Crippen LogP) is 9.15. The Bertz CT molecular complexity index is 1650. The molecule has 1 aliphatic rings. The lowest BCUT2D eigenvalue weighted by molar-refractivity contribution is 1.17. The molecule has 0 aliphatic carbocycles. The highest BCUT2D eigenvalue weighted by molar-refractivity contribution is 6.02. The summed E-state index contributed by atoms with van der Waals surface area (Å²) in [5.74, 6) is 0. The van der Waals surface area contributed by atoms with Crippen LogP contribution in [0.2, 0.25) is 0 Å². The van der Waals surface area contributed by atoms with Gasteiger partial charge in [0.15, 0.2) is 0 Å². The molecule has 36 heavy (non-hydrogen) atoms. The number of fused-ring (bicyclic) bond motifs is 3. The molecule has 0 unspecified atom stereocenters. The minimum absolute atomic E-state index is 0.999. The monoisotopic (exact) mass is 461 g/mol. The molecule has 0 amide bonds. The normalized spacial score (nSPS) is 12.3. The number of aromatic nitrogens is 1. The predicted molar refractivity (Wildman–Crippen MR) is 150 cm³/mol. The second-order valence-electron chi connectivity index (χ2n) is 8.91. The van der Waals surface area contributed by atoms with Gasteiger partial charge in [-0.2, -0.15) is 0 Å². The molecule has 0 fully saturated rings. The van der Waals surface area contributed by atoms with Crippen molar-refractivity contribution in [3.05, 3.63) is 140 Å². The summed E-state index contributed by atoms with van der Waals surface area (Å²) >= 11 is 0. The van der Waals surface area contributed by atoms with Gasteiger partial charge in [-0.15, -0.1) is 0 Å². The number of hydrogen-bond donors (Lipinski definition) is 0. The van der Waals surface area contributed by atoms with Crippen LogP contribution in [-0.2, 0) is 0 Å². The first-order chi connectivity index (χ1) is 17.9. The van der Waals surface area contributed by atoms with Crippen molar-refractivity contribution in [2.75, 3.05) is 9.80 Å². The van der Waals surface area contributed by atoms with Crippen LogP contribution >= 0.6 is 0 Å².